The van der Waals surface area contributed by atoms with Crippen molar-refractivity contribution in [2.75, 3.05) is 18.9 Å². The number of fused-ring (bicyclic) bond motifs is 2. The first kappa shape index (κ1) is 30.6. The van der Waals surface area contributed by atoms with Crippen molar-refractivity contribution < 1.29 is 32.3 Å². The van der Waals surface area contributed by atoms with Crippen molar-refractivity contribution in [2.24, 2.45) is 5.41 Å². The van der Waals surface area contributed by atoms with Gasteiger partial charge in [0, 0.05) is 24.8 Å². The van der Waals surface area contributed by atoms with E-state index in [0.717, 1.165) is 0 Å². The van der Waals surface area contributed by atoms with Gasteiger partial charge in [0.2, 0.25) is 11.8 Å². The van der Waals surface area contributed by atoms with Gasteiger partial charge in [-0.2, -0.15) is 0 Å². The van der Waals surface area contributed by atoms with Crippen LogP contribution in [-0.2, 0) is 19.8 Å². The molecule has 9 nitrogen and oxygen atoms in total. The van der Waals surface area contributed by atoms with Gasteiger partial charge in [-0.1, -0.05) is 39.0 Å². The molecule has 0 unspecified atom stereocenters. The van der Waals surface area contributed by atoms with Crippen LogP contribution in [-0.4, -0.2) is 65.3 Å². The summed E-state index contributed by atoms with van der Waals surface area (Å²) in [4.78, 5) is 59.6. The van der Waals surface area contributed by atoms with Crippen molar-refractivity contribution in [1.29, 1.82) is 0 Å². The molecule has 0 saturated carbocycles. The Bertz CT molecular complexity index is 1480. The summed E-state index contributed by atoms with van der Waals surface area (Å²) in [5, 5.41) is 5.19. The van der Waals surface area contributed by atoms with Crippen LogP contribution >= 0.6 is 0 Å². The third-order valence-electron chi connectivity index (χ3n) is 7.76. The van der Waals surface area contributed by atoms with Gasteiger partial charge in [-0.15, -0.1) is 0 Å². The number of likely N-dealkylation sites (N-methyl/N-ethyl adjacent to an activating group) is 1. The molecule has 222 valence electrons. The fourth-order valence-corrected chi connectivity index (χ4v) is 5.60. The highest BCUT2D eigenvalue weighted by Crippen LogP contribution is 2.47. The lowest BCUT2D eigenvalue weighted by Gasteiger charge is -2.36. The quantitative estimate of drug-likeness (QED) is 0.398. The number of para-hydroxylation sites is 1. The van der Waals surface area contributed by atoms with E-state index in [4.69, 9.17) is 6.57 Å². The molecule has 42 heavy (non-hydrogen) atoms. The molecule has 1 saturated heterocycles. The smallest absolute Gasteiger partial charge is 0.302 e. The van der Waals surface area contributed by atoms with E-state index in [0.29, 0.717) is 23.4 Å². The minimum atomic E-state index is -1.72. The summed E-state index contributed by atoms with van der Waals surface area (Å²) in [7, 11) is 1.40. The molecular formula is C30H32F3N5O4. The summed E-state index contributed by atoms with van der Waals surface area (Å²) in [6.45, 7) is 14.7. The van der Waals surface area contributed by atoms with Crippen LogP contribution in [0.4, 0.5) is 18.9 Å². The van der Waals surface area contributed by atoms with Gasteiger partial charge in [0.15, 0.2) is 17.5 Å². The second-order valence-corrected chi connectivity index (χ2v) is 12.0. The fraction of sp³-hybridized carbons (Fsp3) is 0.433. The second kappa shape index (κ2) is 11.1. The van der Waals surface area contributed by atoms with Crippen LogP contribution in [0.15, 0.2) is 36.4 Å². The highest BCUT2D eigenvalue weighted by atomic mass is 19.2. The number of nitrogens with zero attached hydrogens (tertiary/aromatic N) is 3. The molecular weight excluding hydrogens is 551 g/mol. The normalized spacial score (nSPS) is 20.9. The van der Waals surface area contributed by atoms with Crippen molar-refractivity contribution in [1.82, 2.24) is 15.1 Å². The predicted octanol–water partition coefficient (Wildman–Crippen LogP) is 3.85. The largest absolute Gasteiger partial charge is 0.341 e. The molecule has 2 N–H and O–H groups in total. The Kier molecular flexibility index (Phi) is 8.09. The lowest BCUT2D eigenvalue weighted by Crippen LogP contribution is -2.56. The van der Waals surface area contributed by atoms with Crippen molar-refractivity contribution >= 4 is 29.3 Å². The summed E-state index contributed by atoms with van der Waals surface area (Å²) in [5.41, 5.74) is -0.733. The van der Waals surface area contributed by atoms with E-state index >= 15 is 0 Å². The summed E-state index contributed by atoms with van der Waals surface area (Å²) in [5.74, 6) is -7.33. The number of amides is 4. The maximum absolute atomic E-state index is 14.1. The van der Waals surface area contributed by atoms with Crippen LogP contribution in [0.5, 0.6) is 0 Å². The van der Waals surface area contributed by atoms with Gasteiger partial charge in [-0.3, -0.25) is 28.9 Å². The standard InChI is InChI=1S/C30H32F3N5O4/c1-16(35-25(39)17-11-19(31)24(33)20(32)12-17)26(40)37(6)22(13-29(2,3)4)27(41)38-15-30(14-23(38)34-5)18-9-7-8-10-21(18)36-28(30)42/h7-12,16,22-23H,13-15H2,1-4,6H3,(H,35,39)(H,36,42)/t16-,22-,23-,30-/m0/s1. The molecule has 4 rings (SSSR count). The molecule has 0 aliphatic carbocycles. The highest BCUT2D eigenvalue weighted by molar-refractivity contribution is 6.07. The number of rotatable bonds is 6. The van der Waals surface area contributed by atoms with Gasteiger partial charge >= 0.3 is 6.17 Å². The van der Waals surface area contributed by atoms with Gasteiger partial charge in [0.25, 0.3) is 11.8 Å². The highest BCUT2D eigenvalue weighted by Gasteiger charge is 2.59. The third-order valence-corrected chi connectivity index (χ3v) is 7.76. The molecule has 2 aliphatic rings. The first-order chi connectivity index (χ1) is 19.6. The molecule has 12 heteroatoms. The molecule has 0 radical (unpaired) electrons. The average Bonchev–Trinajstić information content (AvgIpc) is 3.46. The molecule has 2 heterocycles. The van der Waals surface area contributed by atoms with Crippen LogP contribution in [0.3, 0.4) is 0 Å². The Labute approximate surface area is 241 Å². The Hall–Kier alpha value is -4.40. The van der Waals surface area contributed by atoms with Crippen molar-refractivity contribution in [3.8, 4) is 0 Å². The van der Waals surface area contributed by atoms with E-state index in [2.05, 4.69) is 15.5 Å². The number of carbonyl (C=O) groups excluding carboxylic acids is 4. The average molecular weight is 584 g/mol. The number of halogens is 3. The number of carbonyl (C=O) groups is 4. The topological polar surface area (TPSA) is 103 Å². The summed E-state index contributed by atoms with van der Waals surface area (Å²) in [6.07, 6.45) is -0.650. The van der Waals surface area contributed by atoms with E-state index < -0.39 is 69.8 Å². The molecule has 2 aromatic rings. The minimum absolute atomic E-state index is 0.0433. The zero-order valence-electron chi connectivity index (χ0n) is 23.9. The number of hydrogen-bond donors (Lipinski definition) is 2. The van der Waals surface area contributed by atoms with Crippen molar-refractivity contribution in [3.05, 3.63) is 76.4 Å². The monoisotopic (exact) mass is 583 g/mol. The lowest BCUT2D eigenvalue weighted by atomic mass is 9.80. The molecule has 2 aromatic carbocycles. The van der Waals surface area contributed by atoms with Crippen LogP contribution in [0, 0.1) is 29.4 Å². The molecule has 1 spiro atoms. The van der Waals surface area contributed by atoms with E-state index in [1.54, 1.807) is 24.3 Å². The number of likely N-dealkylation sites (tertiary alicyclic amines) is 1. The molecule has 0 bridgehead atoms. The summed E-state index contributed by atoms with van der Waals surface area (Å²) in [6, 6.07) is 5.88. The zero-order valence-corrected chi connectivity index (χ0v) is 23.9. The second-order valence-electron chi connectivity index (χ2n) is 12.0. The molecule has 4 atom stereocenters. The summed E-state index contributed by atoms with van der Waals surface area (Å²) < 4.78 is 40.6. The van der Waals surface area contributed by atoms with Crippen molar-refractivity contribution in [2.45, 2.75) is 64.2 Å². The number of benzene rings is 2. The maximum Gasteiger partial charge on any atom is 0.302 e. The molecule has 0 aromatic heterocycles. The van der Waals surface area contributed by atoms with Gasteiger partial charge in [-0.25, -0.2) is 19.7 Å². The minimum Gasteiger partial charge on any atom is -0.341 e. The molecule has 1 fully saturated rings. The van der Waals surface area contributed by atoms with Gasteiger partial charge in [0.05, 0.1) is 6.42 Å². The molecule has 2 aliphatic heterocycles. The van der Waals surface area contributed by atoms with Crippen LogP contribution in [0.2, 0.25) is 0 Å². The number of nitrogens with one attached hydrogen (secondary N) is 2. The van der Waals surface area contributed by atoms with Crippen LogP contribution in [0.1, 0.15) is 56.5 Å². The maximum atomic E-state index is 14.1. The van der Waals surface area contributed by atoms with Crippen LogP contribution in [0.25, 0.3) is 4.85 Å². The SMILES string of the molecule is [C-]#[N+][C@@H]1C[C@@]2(CN1C(=O)[C@H](CC(C)(C)C)N(C)C(=O)[C@H](C)NC(=O)c1cc(F)c(F)c(F)c1)C(=O)Nc1ccccc12. The van der Waals surface area contributed by atoms with E-state index in [1.807, 2.05) is 20.8 Å². The Morgan fingerprint density at radius 2 is 1.81 bits per heavy atom. The Morgan fingerprint density at radius 3 is 2.40 bits per heavy atom. The van der Waals surface area contributed by atoms with E-state index in [9.17, 15) is 32.3 Å². The summed E-state index contributed by atoms with van der Waals surface area (Å²) >= 11 is 0. The molecule has 4 amide bonds. The fourth-order valence-electron chi connectivity index (χ4n) is 5.60. The first-order valence-corrected chi connectivity index (χ1v) is 13.4. The van der Waals surface area contributed by atoms with Gasteiger partial charge in [0.1, 0.15) is 17.5 Å². The van der Waals surface area contributed by atoms with Gasteiger partial charge < -0.3 is 15.5 Å². The van der Waals surface area contributed by atoms with Crippen LogP contribution < -0.4 is 10.6 Å². The predicted molar refractivity (Wildman–Crippen MR) is 147 cm³/mol. The first-order valence-electron chi connectivity index (χ1n) is 13.4. The zero-order chi connectivity index (χ0) is 31.1. The third kappa shape index (κ3) is 5.55. The number of anilines is 1. The Morgan fingerprint density at radius 1 is 1.19 bits per heavy atom. The van der Waals surface area contributed by atoms with Crippen molar-refractivity contribution in [3.63, 3.8) is 0 Å². The van der Waals surface area contributed by atoms with Gasteiger partial charge in [-0.05, 0) is 42.5 Å². The number of hydrogen-bond acceptors (Lipinski definition) is 4. The van der Waals surface area contributed by atoms with E-state index in [1.165, 1.54) is 23.8 Å². The Balaban J connectivity index is 1.58. The lowest BCUT2D eigenvalue weighted by molar-refractivity contribution is -0.146. The van der Waals surface area contributed by atoms with E-state index in [-0.39, 0.29) is 25.3 Å².